The summed E-state index contributed by atoms with van der Waals surface area (Å²) < 4.78 is 10.7. The van der Waals surface area contributed by atoms with Crippen LogP contribution in [0.15, 0.2) is 40.8 Å². The zero-order valence-corrected chi connectivity index (χ0v) is 15.0. The molecule has 0 aliphatic heterocycles. The lowest BCUT2D eigenvalue weighted by atomic mass is 10.0. The smallest absolute Gasteiger partial charge is 0.225 e. The van der Waals surface area contributed by atoms with Crippen molar-refractivity contribution in [2.24, 2.45) is 0 Å². The molecule has 1 N–H and O–H groups in total. The molecule has 6 nitrogen and oxygen atoms in total. The summed E-state index contributed by atoms with van der Waals surface area (Å²) in [5.41, 5.74) is 0.853. The molecule has 0 spiro atoms. The summed E-state index contributed by atoms with van der Waals surface area (Å²) in [7, 11) is 3.31. The van der Waals surface area contributed by atoms with E-state index >= 15 is 0 Å². The van der Waals surface area contributed by atoms with Crippen molar-refractivity contribution in [1.29, 1.82) is 0 Å². The van der Waals surface area contributed by atoms with Crippen molar-refractivity contribution in [1.82, 2.24) is 10.2 Å². The zero-order chi connectivity index (χ0) is 18.4. The molecule has 0 saturated carbocycles. The third-order valence-electron chi connectivity index (χ3n) is 3.89. The highest BCUT2D eigenvalue weighted by Crippen LogP contribution is 2.21. The quantitative estimate of drug-likeness (QED) is 0.838. The molecule has 1 atom stereocenters. The lowest BCUT2D eigenvalue weighted by molar-refractivity contribution is -0.131. The number of carbonyl (C=O) groups is 2. The fourth-order valence-corrected chi connectivity index (χ4v) is 2.56. The molecule has 0 saturated heterocycles. The van der Waals surface area contributed by atoms with Crippen LogP contribution >= 0.6 is 0 Å². The molecule has 1 aromatic heterocycles. The van der Waals surface area contributed by atoms with E-state index in [1.807, 2.05) is 43.3 Å². The minimum Gasteiger partial charge on any atom is -0.497 e. The molecule has 0 aliphatic carbocycles. The summed E-state index contributed by atoms with van der Waals surface area (Å²) in [6.07, 6.45) is 0.169. The van der Waals surface area contributed by atoms with Crippen molar-refractivity contribution in [2.45, 2.75) is 32.9 Å². The molecule has 0 unspecified atom stereocenters. The van der Waals surface area contributed by atoms with E-state index in [0.717, 1.165) is 22.8 Å². The normalized spacial score (nSPS) is 11.7. The number of furan rings is 1. The van der Waals surface area contributed by atoms with E-state index in [4.69, 9.17) is 9.15 Å². The molecule has 1 aromatic carbocycles. The lowest BCUT2D eigenvalue weighted by Gasteiger charge is -2.22. The topological polar surface area (TPSA) is 71.8 Å². The Morgan fingerprint density at radius 1 is 1.20 bits per heavy atom. The highest BCUT2D eigenvalue weighted by atomic mass is 16.5. The summed E-state index contributed by atoms with van der Waals surface area (Å²) in [6, 6.07) is 10.6. The van der Waals surface area contributed by atoms with Gasteiger partial charge in [0.25, 0.3) is 0 Å². The highest BCUT2D eigenvalue weighted by molar-refractivity contribution is 5.79. The highest BCUT2D eigenvalue weighted by Gasteiger charge is 2.20. The van der Waals surface area contributed by atoms with Gasteiger partial charge in [0.2, 0.25) is 11.8 Å². The zero-order valence-electron chi connectivity index (χ0n) is 15.0. The molecule has 6 heteroatoms. The summed E-state index contributed by atoms with van der Waals surface area (Å²) in [6.45, 7) is 3.69. The molecular formula is C19H24N2O4. The number of benzene rings is 1. The maximum Gasteiger partial charge on any atom is 0.225 e. The summed E-state index contributed by atoms with van der Waals surface area (Å²) in [5.74, 6) is 2.00. The molecular weight excluding hydrogens is 320 g/mol. The van der Waals surface area contributed by atoms with Crippen LogP contribution in [0, 0.1) is 6.92 Å². The molecule has 0 radical (unpaired) electrons. The van der Waals surface area contributed by atoms with Crippen molar-refractivity contribution in [2.75, 3.05) is 14.2 Å². The first-order valence-corrected chi connectivity index (χ1v) is 8.09. The lowest BCUT2D eigenvalue weighted by Crippen LogP contribution is -2.33. The number of nitrogens with zero attached hydrogens (tertiary/aromatic N) is 1. The molecule has 0 fully saturated rings. The van der Waals surface area contributed by atoms with Gasteiger partial charge in [0, 0.05) is 14.0 Å². The molecule has 2 aromatic rings. The van der Waals surface area contributed by atoms with Gasteiger partial charge in [0.05, 0.1) is 26.1 Å². The number of rotatable bonds is 7. The number of nitrogens with one attached hydrogen (secondary N) is 1. The Kier molecular flexibility index (Phi) is 6.22. The molecule has 134 valence electrons. The van der Waals surface area contributed by atoms with Crippen LogP contribution in [0.25, 0.3) is 0 Å². The van der Waals surface area contributed by atoms with E-state index in [9.17, 15) is 9.59 Å². The first kappa shape index (κ1) is 18.6. The monoisotopic (exact) mass is 344 g/mol. The van der Waals surface area contributed by atoms with Crippen LogP contribution in [0.4, 0.5) is 0 Å². The van der Waals surface area contributed by atoms with Crippen LogP contribution < -0.4 is 10.1 Å². The molecule has 2 amide bonds. The Hall–Kier alpha value is -2.76. The van der Waals surface area contributed by atoms with Crippen LogP contribution in [0.1, 0.15) is 36.5 Å². The average Bonchev–Trinajstić information content (AvgIpc) is 2.98. The van der Waals surface area contributed by atoms with Crippen molar-refractivity contribution >= 4 is 11.8 Å². The second-order valence-corrected chi connectivity index (χ2v) is 5.99. The van der Waals surface area contributed by atoms with Gasteiger partial charge in [-0.05, 0) is 36.8 Å². The van der Waals surface area contributed by atoms with Crippen LogP contribution in [-0.4, -0.2) is 30.9 Å². The maximum atomic E-state index is 12.6. The van der Waals surface area contributed by atoms with E-state index < -0.39 is 6.04 Å². The third-order valence-corrected chi connectivity index (χ3v) is 3.89. The van der Waals surface area contributed by atoms with E-state index in [1.165, 1.54) is 6.92 Å². The van der Waals surface area contributed by atoms with Crippen LogP contribution in [0.5, 0.6) is 5.75 Å². The molecule has 1 heterocycles. The van der Waals surface area contributed by atoms with Crippen molar-refractivity contribution < 1.29 is 18.7 Å². The van der Waals surface area contributed by atoms with Crippen LogP contribution in [0.3, 0.4) is 0 Å². The van der Waals surface area contributed by atoms with Gasteiger partial charge in [-0.15, -0.1) is 0 Å². The minimum absolute atomic E-state index is 0.0800. The number of hydrogen-bond acceptors (Lipinski definition) is 4. The van der Waals surface area contributed by atoms with Gasteiger partial charge in [-0.25, -0.2) is 0 Å². The van der Waals surface area contributed by atoms with E-state index in [1.54, 1.807) is 19.1 Å². The Morgan fingerprint density at radius 2 is 1.88 bits per heavy atom. The van der Waals surface area contributed by atoms with E-state index in [-0.39, 0.29) is 18.2 Å². The first-order chi connectivity index (χ1) is 11.9. The van der Waals surface area contributed by atoms with Gasteiger partial charge in [-0.1, -0.05) is 12.1 Å². The van der Waals surface area contributed by atoms with Gasteiger partial charge in [0.15, 0.2) is 0 Å². The Morgan fingerprint density at radius 3 is 2.40 bits per heavy atom. The summed E-state index contributed by atoms with van der Waals surface area (Å²) >= 11 is 0. The van der Waals surface area contributed by atoms with Crippen molar-refractivity contribution in [3.63, 3.8) is 0 Å². The van der Waals surface area contributed by atoms with Crippen molar-refractivity contribution in [3.8, 4) is 5.75 Å². The van der Waals surface area contributed by atoms with Gasteiger partial charge in [0.1, 0.15) is 17.3 Å². The standard InChI is InChI=1S/C19H24N2O4/c1-13-5-8-17(25-13)12-21(3)19(23)11-18(20-14(2)22)15-6-9-16(24-4)10-7-15/h5-10,18H,11-12H2,1-4H3,(H,20,22)/t18-/m0/s1. The Balaban J connectivity index is 2.06. The maximum absolute atomic E-state index is 12.6. The summed E-state index contributed by atoms with van der Waals surface area (Å²) in [5, 5.41) is 2.84. The van der Waals surface area contributed by atoms with Crippen LogP contribution in [-0.2, 0) is 16.1 Å². The van der Waals surface area contributed by atoms with Gasteiger partial charge in [-0.3, -0.25) is 9.59 Å². The van der Waals surface area contributed by atoms with Gasteiger partial charge >= 0.3 is 0 Å². The number of hydrogen-bond donors (Lipinski definition) is 1. The third kappa shape index (κ3) is 5.38. The van der Waals surface area contributed by atoms with Gasteiger partial charge in [-0.2, -0.15) is 0 Å². The second-order valence-electron chi connectivity index (χ2n) is 5.99. The first-order valence-electron chi connectivity index (χ1n) is 8.09. The number of carbonyl (C=O) groups excluding carboxylic acids is 2. The largest absolute Gasteiger partial charge is 0.497 e. The predicted octanol–water partition coefficient (Wildman–Crippen LogP) is 2.82. The SMILES string of the molecule is COc1ccc([C@H](CC(=O)N(C)Cc2ccc(C)o2)NC(C)=O)cc1. The fraction of sp³-hybridized carbons (Fsp3) is 0.368. The number of aryl methyl sites for hydroxylation is 1. The minimum atomic E-state index is -0.392. The predicted molar refractivity (Wildman–Crippen MR) is 94.1 cm³/mol. The molecule has 0 bridgehead atoms. The Bertz CT molecular complexity index is 721. The number of ether oxygens (including phenoxy) is 1. The van der Waals surface area contributed by atoms with Gasteiger partial charge < -0.3 is 19.4 Å². The van der Waals surface area contributed by atoms with Crippen molar-refractivity contribution in [3.05, 3.63) is 53.5 Å². The number of amides is 2. The molecule has 2 rings (SSSR count). The average molecular weight is 344 g/mol. The Labute approximate surface area is 147 Å². The summed E-state index contributed by atoms with van der Waals surface area (Å²) in [4.78, 5) is 25.7. The number of methoxy groups -OCH3 is 1. The second kappa shape index (κ2) is 8.37. The molecule has 0 aliphatic rings. The van der Waals surface area contributed by atoms with Crippen LogP contribution in [0.2, 0.25) is 0 Å². The fourth-order valence-electron chi connectivity index (χ4n) is 2.56. The molecule has 25 heavy (non-hydrogen) atoms. The van der Waals surface area contributed by atoms with E-state index in [0.29, 0.717) is 6.54 Å². The van der Waals surface area contributed by atoms with E-state index in [2.05, 4.69) is 5.32 Å².